The molecule has 1 rings (SSSR count). The Kier molecular flexibility index (Phi) is 3.45. The number of carbonyl (C=O) groups is 1. The van der Waals surface area contributed by atoms with Gasteiger partial charge < -0.3 is 0 Å². The second-order valence-electron chi connectivity index (χ2n) is 2.58. The molecule has 0 aliphatic rings. The summed E-state index contributed by atoms with van der Waals surface area (Å²) in [6.07, 6.45) is 0. The molecule has 0 radical (unpaired) electrons. The van der Waals surface area contributed by atoms with Crippen LogP contribution in [0.4, 0.5) is 4.39 Å². The van der Waals surface area contributed by atoms with Gasteiger partial charge in [0.05, 0.1) is 15.4 Å². The molecule has 0 saturated carbocycles. The Morgan fingerprint density at radius 1 is 1.62 bits per heavy atom. The van der Waals surface area contributed by atoms with E-state index in [0.717, 1.165) is 0 Å². The van der Waals surface area contributed by atoms with Crippen molar-refractivity contribution >= 4 is 33.3 Å². The number of hydrogen-bond acceptors (Lipinski definition) is 1. The highest BCUT2D eigenvalue weighted by atomic mass is 79.9. The largest absolute Gasteiger partial charge is 0.293 e. The molecule has 0 aliphatic heterocycles. The zero-order valence-electron chi connectivity index (χ0n) is 6.85. The minimum Gasteiger partial charge on any atom is -0.293 e. The maximum atomic E-state index is 13.2. The van der Waals surface area contributed by atoms with Crippen LogP contribution in [0.3, 0.4) is 0 Å². The summed E-state index contributed by atoms with van der Waals surface area (Å²) in [6.45, 7) is 1.64. The molecule has 1 atom stereocenters. The van der Waals surface area contributed by atoms with Crippen LogP contribution in [-0.4, -0.2) is 10.6 Å². The number of rotatable bonds is 2. The molecule has 0 amide bonds. The summed E-state index contributed by atoms with van der Waals surface area (Å²) in [7, 11) is 0. The van der Waals surface area contributed by atoms with Gasteiger partial charge in [-0.15, -0.1) is 0 Å². The van der Waals surface area contributed by atoms with E-state index in [0.29, 0.717) is 0 Å². The van der Waals surface area contributed by atoms with E-state index < -0.39 is 10.6 Å². The van der Waals surface area contributed by atoms with Crippen LogP contribution < -0.4 is 0 Å². The number of Topliss-reactive ketones (excluding diaryl/α,β-unsaturated/α-hetero) is 1. The first-order chi connectivity index (χ1) is 6.04. The molecule has 0 fully saturated rings. The van der Waals surface area contributed by atoms with Gasteiger partial charge >= 0.3 is 0 Å². The Morgan fingerprint density at radius 2 is 2.23 bits per heavy atom. The summed E-state index contributed by atoms with van der Waals surface area (Å²) in [4.78, 5) is 11.0. The Labute approximate surface area is 89.0 Å². The minimum absolute atomic E-state index is 0.0249. The SMILES string of the molecule is CC(Br)C(=O)c1cccc(Cl)c1F. The third-order valence-corrected chi connectivity index (χ3v) is 2.29. The minimum atomic E-state index is -0.652. The van der Waals surface area contributed by atoms with Gasteiger partial charge in [0.1, 0.15) is 0 Å². The lowest BCUT2D eigenvalue weighted by atomic mass is 10.1. The Hall–Kier alpha value is -0.410. The highest BCUT2D eigenvalue weighted by Gasteiger charge is 2.17. The summed E-state index contributed by atoms with van der Waals surface area (Å²) >= 11 is 8.60. The monoisotopic (exact) mass is 264 g/mol. The molecule has 0 spiro atoms. The Morgan fingerprint density at radius 3 is 2.77 bits per heavy atom. The predicted molar refractivity (Wildman–Crippen MR) is 54.1 cm³/mol. The molecule has 13 heavy (non-hydrogen) atoms. The molecule has 1 unspecified atom stereocenters. The number of benzene rings is 1. The van der Waals surface area contributed by atoms with Crippen LogP contribution in [0.1, 0.15) is 17.3 Å². The van der Waals surface area contributed by atoms with Crippen molar-refractivity contribution in [3.05, 3.63) is 34.6 Å². The molecule has 4 heteroatoms. The van der Waals surface area contributed by atoms with E-state index >= 15 is 0 Å². The van der Waals surface area contributed by atoms with Crippen molar-refractivity contribution in [2.75, 3.05) is 0 Å². The standard InChI is InChI=1S/C9H7BrClFO/c1-5(10)9(13)6-3-2-4-7(11)8(6)12/h2-5H,1H3. The summed E-state index contributed by atoms with van der Waals surface area (Å²) in [5, 5.41) is -0.0287. The van der Waals surface area contributed by atoms with Crippen LogP contribution in [0.5, 0.6) is 0 Å². The van der Waals surface area contributed by atoms with E-state index in [9.17, 15) is 9.18 Å². The molecule has 0 aromatic heterocycles. The molecule has 1 nitrogen and oxygen atoms in total. The Balaban J connectivity index is 3.15. The van der Waals surface area contributed by atoms with E-state index in [-0.39, 0.29) is 16.4 Å². The second kappa shape index (κ2) is 4.20. The zero-order chi connectivity index (χ0) is 10.0. The van der Waals surface area contributed by atoms with Gasteiger partial charge in [-0.1, -0.05) is 33.6 Å². The number of ketones is 1. The summed E-state index contributed by atoms with van der Waals surface area (Å²) in [5.41, 5.74) is 0.0249. The fraction of sp³-hybridized carbons (Fsp3) is 0.222. The topological polar surface area (TPSA) is 17.1 Å². The quantitative estimate of drug-likeness (QED) is 0.591. The van der Waals surface area contributed by atoms with Gasteiger partial charge in [0, 0.05) is 0 Å². The number of halogens is 3. The van der Waals surface area contributed by atoms with Crippen molar-refractivity contribution in [1.29, 1.82) is 0 Å². The first kappa shape index (κ1) is 10.7. The average molecular weight is 266 g/mol. The fourth-order valence-electron chi connectivity index (χ4n) is 0.908. The van der Waals surface area contributed by atoms with Gasteiger partial charge in [0.25, 0.3) is 0 Å². The molecule has 0 saturated heterocycles. The van der Waals surface area contributed by atoms with Gasteiger partial charge in [-0.25, -0.2) is 4.39 Å². The summed E-state index contributed by atoms with van der Waals surface area (Å²) in [6, 6.07) is 4.38. The van der Waals surface area contributed by atoms with Crippen LogP contribution in [0.25, 0.3) is 0 Å². The Bertz CT molecular complexity index is 338. The predicted octanol–water partition coefficient (Wildman–Crippen LogP) is 3.45. The molecule has 1 aromatic carbocycles. The number of hydrogen-bond donors (Lipinski definition) is 0. The third-order valence-electron chi connectivity index (χ3n) is 1.58. The van der Waals surface area contributed by atoms with E-state index in [2.05, 4.69) is 15.9 Å². The third kappa shape index (κ3) is 2.29. The van der Waals surface area contributed by atoms with Gasteiger partial charge in [-0.2, -0.15) is 0 Å². The van der Waals surface area contributed by atoms with Crippen LogP contribution in [0.2, 0.25) is 5.02 Å². The molecular weight excluding hydrogens is 258 g/mol. The lowest BCUT2D eigenvalue weighted by Crippen LogP contribution is -2.12. The highest BCUT2D eigenvalue weighted by Crippen LogP contribution is 2.20. The molecule has 0 heterocycles. The van der Waals surface area contributed by atoms with Crippen molar-refractivity contribution in [3.63, 3.8) is 0 Å². The van der Waals surface area contributed by atoms with Crippen molar-refractivity contribution < 1.29 is 9.18 Å². The maximum absolute atomic E-state index is 13.2. The summed E-state index contributed by atoms with van der Waals surface area (Å²) < 4.78 is 13.2. The van der Waals surface area contributed by atoms with Crippen molar-refractivity contribution in [2.45, 2.75) is 11.8 Å². The molecule has 0 aliphatic carbocycles. The molecule has 0 N–H and O–H groups in total. The molecular formula is C9H7BrClFO. The lowest BCUT2D eigenvalue weighted by molar-refractivity contribution is 0.0992. The molecule has 70 valence electrons. The normalized spacial score (nSPS) is 12.6. The van der Waals surface area contributed by atoms with Crippen molar-refractivity contribution in [1.82, 2.24) is 0 Å². The first-order valence-electron chi connectivity index (χ1n) is 3.66. The highest BCUT2D eigenvalue weighted by molar-refractivity contribution is 9.10. The van der Waals surface area contributed by atoms with E-state index in [1.807, 2.05) is 0 Å². The second-order valence-corrected chi connectivity index (χ2v) is 4.36. The zero-order valence-corrected chi connectivity index (χ0v) is 9.19. The lowest BCUT2D eigenvalue weighted by Gasteiger charge is -2.04. The van der Waals surface area contributed by atoms with Crippen LogP contribution in [0, 0.1) is 5.82 Å². The van der Waals surface area contributed by atoms with E-state index in [1.165, 1.54) is 12.1 Å². The van der Waals surface area contributed by atoms with Crippen molar-refractivity contribution in [3.8, 4) is 0 Å². The first-order valence-corrected chi connectivity index (χ1v) is 4.95. The van der Waals surface area contributed by atoms with Crippen LogP contribution >= 0.6 is 27.5 Å². The summed E-state index contributed by atoms with van der Waals surface area (Å²) in [5.74, 6) is -0.958. The molecule has 0 bridgehead atoms. The van der Waals surface area contributed by atoms with Gasteiger partial charge in [0.15, 0.2) is 11.6 Å². The van der Waals surface area contributed by atoms with E-state index in [1.54, 1.807) is 13.0 Å². The number of alkyl halides is 1. The number of carbonyl (C=O) groups excluding carboxylic acids is 1. The van der Waals surface area contributed by atoms with Crippen LogP contribution in [0.15, 0.2) is 18.2 Å². The maximum Gasteiger partial charge on any atom is 0.179 e. The van der Waals surface area contributed by atoms with Crippen LogP contribution in [-0.2, 0) is 0 Å². The average Bonchev–Trinajstić information content (AvgIpc) is 2.08. The van der Waals surface area contributed by atoms with Gasteiger partial charge in [0.2, 0.25) is 0 Å². The van der Waals surface area contributed by atoms with Gasteiger partial charge in [-0.05, 0) is 19.1 Å². The fourth-order valence-corrected chi connectivity index (χ4v) is 1.33. The van der Waals surface area contributed by atoms with Crippen molar-refractivity contribution in [2.24, 2.45) is 0 Å². The van der Waals surface area contributed by atoms with Gasteiger partial charge in [-0.3, -0.25) is 4.79 Å². The van der Waals surface area contributed by atoms with E-state index in [4.69, 9.17) is 11.6 Å². The molecule has 1 aromatic rings. The smallest absolute Gasteiger partial charge is 0.179 e.